The van der Waals surface area contributed by atoms with E-state index < -0.39 is 5.97 Å². The van der Waals surface area contributed by atoms with Crippen LogP contribution in [0.4, 0.5) is 0 Å². The summed E-state index contributed by atoms with van der Waals surface area (Å²) in [5.74, 6) is -1.28. The number of amides is 1. The largest absolute Gasteiger partial charge is 0.481 e. The van der Waals surface area contributed by atoms with Gasteiger partial charge in [-0.15, -0.1) is 0 Å². The first-order chi connectivity index (χ1) is 18.8. The van der Waals surface area contributed by atoms with Crippen molar-refractivity contribution in [2.75, 3.05) is 6.54 Å². The Kier molecular flexibility index (Phi) is 7.63. The molecule has 196 valence electrons. The van der Waals surface area contributed by atoms with Gasteiger partial charge < -0.3 is 10.4 Å². The van der Waals surface area contributed by atoms with Crippen LogP contribution >= 0.6 is 23.2 Å². The lowest BCUT2D eigenvalue weighted by Gasteiger charge is -2.17. The SMILES string of the molecule is CC(c1ccc(C(=O)NCCC(=O)O)cc1)n1nc(-c2cc(Cl)cc(Cl)c2)cc1-c1ccc2ncccc2c1. The Labute approximate surface area is 235 Å². The minimum Gasteiger partial charge on any atom is -0.481 e. The zero-order chi connectivity index (χ0) is 27.5. The second-order valence-electron chi connectivity index (χ2n) is 9.13. The van der Waals surface area contributed by atoms with Crippen molar-refractivity contribution in [3.63, 3.8) is 0 Å². The quantitative estimate of drug-likeness (QED) is 0.216. The van der Waals surface area contributed by atoms with E-state index in [9.17, 15) is 9.59 Å². The molecule has 0 aliphatic carbocycles. The Bertz CT molecular complexity index is 1660. The van der Waals surface area contributed by atoms with Gasteiger partial charge in [0.15, 0.2) is 0 Å². The minimum atomic E-state index is -0.961. The molecule has 0 spiro atoms. The van der Waals surface area contributed by atoms with Crippen molar-refractivity contribution in [1.82, 2.24) is 20.1 Å². The third-order valence-corrected chi connectivity index (χ3v) is 6.88. The molecule has 5 rings (SSSR count). The van der Waals surface area contributed by atoms with E-state index in [0.29, 0.717) is 15.6 Å². The molecule has 3 aromatic carbocycles. The van der Waals surface area contributed by atoms with Crippen LogP contribution in [0.5, 0.6) is 0 Å². The first-order valence-corrected chi connectivity index (χ1v) is 13.1. The highest BCUT2D eigenvalue weighted by Crippen LogP contribution is 2.34. The number of hydrogen-bond acceptors (Lipinski definition) is 4. The van der Waals surface area contributed by atoms with Crippen LogP contribution in [0.25, 0.3) is 33.4 Å². The second kappa shape index (κ2) is 11.3. The molecule has 9 heteroatoms. The molecule has 0 saturated carbocycles. The molecule has 0 aliphatic rings. The molecular formula is C30H24Cl2N4O3. The number of hydrogen-bond donors (Lipinski definition) is 2. The van der Waals surface area contributed by atoms with Crippen molar-refractivity contribution in [3.8, 4) is 22.5 Å². The molecule has 0 aliphatic heterocycles. The molecule has 5 aromatic rings. The summed E-state index contributed by atoms with van der Waals surface area (Å²) in [6.07, 6.45) is 1.64. The number of carbonyl (C=O) groups excluding carboxylic acids is 1. The van der Waals surface area contributed by atoms with Crippen molar-refractivity contribution < 1.29 is 14.7 Å². The Morgan fingerprint density at radius 3 is 2.41 bits per heavy atom. The zero-order valence-electron chi connectivity index (χ0n) is 20.9. The first kappa shape index (κ1) is 26.4. The number of fused-ring (bicyclic) bond motifs is 1. The minimum absolute atomic E-state index is 0.0700. The Morgan fingerprint density at radius 2 is 1.69 bits per heavy atom. The summed E-state index contributed by atoms with van der Waals surface area (Å²) in [6, 6.07) is 24.4. The monoisotopic (exact) mass is 558 g/mol. The van der Waals surface area contributed by atoms with Gasteiger partial charge in [-0.3, -0.25) is 19.3 Å². The molecule has 2 heterocycles. The Hall–Kier alpha value is -4.20. The van der Waals surface area contributed by atoms with Crippen LogP contribution < -0.4 is 5.32 Å². The molecule has 1 amide bonds. The van der Waals surface area contributed by atoms with Gasteiger partial charge in [-0.2, -0.15) is 5.10 Å². The standard InChI is InChI=1S/C30H24Cl2N4O3/c1-18(19-4-6-20(7-5-19)30(39)34-12-10-29(37)38)36-28(22-8-9-26-21(13-22)3-2-11-33-26)17-27(35-36)23-14-24(31)16-25(32)15-23/h2-9,11,13-18H,10,12H2,1H3,(H,34,39)(H,37,38). The summed E-state index contributed by atoms with van der Waals surface area (Å²) in [7, 11) is 0. The van der Waals surface area contributed by atoms with Crippen molar-refractivity contribution in [1.29, 1.82) is 0 Å². The van der Waals surface area contributed by atoms with E-state index in [4.69, 9.17) is 33.4 Å². The number of carboxylic acid groups (broad SMARTS) is 1. The molecule has 39 heavy (non-hydrogen) atoms. The van der Waals surface area contributed by atoms with Gasteiger partial charge in [0.1, 0.15) is 0 Å². The number of nitrogens with one attached hydrogen (secondary N) is 1. The summed E-state index contributed by atoms with van der Waals surface area (Å²) in [5.41, 5.74) is 5.70. The first-order valence-electron chi connectivity index (χ1n) is 12.3. The molecule has 2 N–H and O–H groups in total. The molecule has 0 bridgehead atoms. The van der Waals surface area contributed by atoms with Crippen LogP contribution in [-0.2, 0) is 4.79 Å². The fourth-order valence-corrected chi connectivity index (χ4v) is 4.95. The summed E-state index contributed by atoms with van der Waals surface area (Å²) < 4.78 is 1.95. The molecule has 0 saturated heterocycles. The predicted molar refractivity (Wildman–Crippen MR) is 153 cm³/mol. The van der Waals surface area contributed by atoms with Crippen LogP contribution in [0.1, 0.15) is 35.3 Å². The zero-order valence-corrected chi connectivity index (χ0v) is 22.4. The third-order valence-electron chi connectivity index (χ3n) is 6.44. The van der Waals surface area contributed by atoms with Crippen LogP contribution in [0.15, 0.2) is 85.1 Å². The second-order valence-corrected chi connectivity index (χ2v) is 10.00. The summed E-state index contributed by atoms with van der Waals surface area (Å²) >= 11 is 12.6. The van der Waals surface area contributed by atoms with Crippen molar-refractivity contribution in [3.05, 3.63) is 106 Å². The average molecular weight is 559 g/mol. The summed E-state index contributed by atoms with van der Waals surface area (Å²) in [6.45, 7) is 2.11. The van der Waals surface area contributed by atoms with Gasteiger partial charge >= 0.3 is 5.97 Å². The molecule has 0 fully saturated rings. The molecule has 0 radical (unpaired) electrons. The number of rotatable bonds is 8. The number of aliphatic carboxylic acids is 1. The van der Waals surface area contributed by atoms with Crippen molar-refractivity contribution in [2.45, 2.75) is 19.4 Å². The van der Waals surface area contributed by atoms with Crippen LogP contribution in [0.2, 0.25) is 10.0 Å². The van der Waals surface area contributed by atoms with Gasteiger partial charge in [0.25, 0.3) is 5.91 Å². The predicted octanol–water partition coefficient (Wildman–Crippen LogP) is 6.89. The van der Waals surface area contributed by atoms with Crippen LogP contribution in [0.3, 0.4) is 0 Å². The maximum absolute atomic E-state index is 12.4. The summed E-state index contributed by atoms with van der Waals surface area (Å²) in [4.78, 5) is 27.5. The van der Waals surface area contributed by atoms with Gasteiger partial charge in [0, 0.05) is 44.9 Å². The van der Waals surface area contributed by atoms with Crippen LogP contribution in [0, 0.1) is 0 Å². The lowest BCUT2D eigenvalue weighted by atomic mass is 10.0. The number of carboxylic acids is 1. The van der Waals surface area contributed by atoms with E-state index in [0.717, 1.165) is 39.0 Å². The lowest BCUT2D eigenvalue weighted by molar-refractivity contribution is -0.136. The number of aromatic nitrogens is 3. The van der Waals surface area contributed by atoms with Gasteiger partial charge in [-0.05, 0) is 67.1 Å². The van der Waals surface area contributed by atoms with Crippen LogP contribution in [-0.4, -0.2) is 38.3 Å². The number of halogens is 2. The lowest BCUT2D eigenvalue weighted by Crippen LogP contribution is -2.26. The van der Waals surface area contributed by atoms with E-state index in [1.54, 1.807) is 24.4 Å². The fraction of sp³-hybridized carbons (Fsp3) is 0.133. The van der Waals surface area contributed by atoms with E-state index in [2.05, 4.69) is 16.4 Å². The molecular weight excluding hydrogens is 535 g/mol. The van der Waals surface area contributed by atoms with Gasteiger partial charge in [0.2, 0.25) is 0 Å². The Morgan fingerprint density at radius 1 is 0.949 bits per heavy atom. The molecule has 2 aromatic heterocycles. The average Bonchev–Trinajstić information content (AvgIpc) is 3.37. The van der Waals surface area contributed by atoms with Gasteiger partial charge in [-0.1, -0.05) is 47.5 Å². The molecule has 1 atom stereocenters. The van der Waals surface area contributed by atoms with Gasteiger partial charge in [-0.25, -0.2) is 0 Å². The number of pyridine rings is 1. The molecule has 1 unspecified atom stereocenters. The van der Waals surface area contributed by atoms with E-state index in [1.807, 2.05) is 66.2 Å². The highest BCUT2D eigenvalue weighted by atomic mass is 35.5. The van der Waals surface area contributed by atoms with Crippen molar-refractivity contribution in [2.24, 2.45) is 0 Å². The topological polar surface area (TPSA) is 97.1 Å². The number of carbonyl (C=O) groups is 2. The van der Waals surface area contributed by atoms with Crippen molar-refractivity contribution >= 4 is 46.0 Å². The maximum Gasteiger partial charge on any atom is 0.305 e. The van der Waals surface area contributed by atoms with Gasteiger partial charge in [0.05, 0.1) is 29.4 Å². The fourth-order valence-electron chi connectivity index (χ4n) is 4.42. The molecule has 7 nitrogen and oxygen atoms in total. The normalized spacial score (nSPS) is 11.9. The van der Waals surface area contributed by atoms with E-state index in [1.165, 1.54) is 0 Å². The smallest absolute Gasteiger partial charge is 0.305 e. The van der Waals surface area contributed by atoms with E-state index in [-0.39, 0.29) is 24.9 Å². The number of benzene rings is 3. The van der Waals surface area contributed by atoms with E-state index >= 15 is 0 Å². The maximum atomic E-state index is 12.4. The highest BCUT2D eigenvalue weighted by Gasteiger charge is 2.19. The Balaban J connectivity index is 1.52. The summed E-state index contributed by atoms with van der Waals surface area (Å²) in [5, 5.41) is 18.4. The number of nitrogens with zero attached hydrogens (tertiary/aromatic N) is 3. The highest BCUT2D eigenvalue weighted by molar-refractivity contribution is 6.35. The third kappa shape index (κ3) is 5.95.